The standard InChI is InChI=1S/C15H17N3OS.ClH/c19-14(12-6-7-16-8-12)17-9-13-10-20-15(18-13)11-4-2-1-3-5-11;/h1-5,10,12,16H,6-9H2,(H,17,19);1H. The Morgan fingerprint density at radius 3 is 2.90 bits per heavy atom. The van der Waals surface area contributed by atoms with Gasteiger partial charge in [-0.25, -0.2) is 4.98 Å². The molecule has 3 rings (SSSR count). The average molecular weight is 324 g/mol. The van der Waals surface area contributed by atoms with Crippen molar-refractivity contribution in [3.05, 3.63) is 41.4 Å². The monoisotopic (exact) mass is 323 g/mol. The summed E-state index contributed by atoms with van der Waals surface area (Å²) in [7, 11) is 0. The van der Waals surface area contributed by atoms with Crippen LogP contribution >= 0.6 is 23.7 Å². The van der Waals surface area contributed by atoms with E-state index >= 15 is 0 Å². The number of amides is 1. The van der Waals surface area contributed by atoms with Crippen LogP contribution in [0.3, 0.4) is 0 Å². The van der Waals surface area contributed by atoms with E-state index in [1.807, 2.05) is 35.7 Å². The van der Waals surface area contributed by atoms with Crippen LogP contribution in [0.4, 0.5) is 0 Å². The predicted octanol–water partition coefficient (Wildman–Crippen LogP) is 2.46. The zero-order valence-electron chi connectivity index (χ0n) is 11.5. The number of carbonyl (C=O) groups excluding carboxylic acids is 1. The van der Waals surface area contributed by atoms with Crippen LogP contribution in [-0.2, 0) is 11.3 Å². The SMILES string of the molecule is Cl.O=C(NCc1csc(-c2ccccc2)n1)C1CCNC1. The highest BCUT2D eigenvalue weighted by Crippen LogP contribution is 2.23. The van der Waals surface area contributed by atoms with Crippen LogP contribution in [0.2, 0.25) is 0 Å². The number of halogens is 1. The van der Waals surface area contributed by atoms with E-state index in [0.29, 0.717) is 6.54 Å². The normalized spacial score (nSPS) is 17.2. The van der Waals surface area contributed by atoms with E-state index in [1.54, 1.807) is 11.3 Å². The lowest BCUT2D eigenvalue weighted by molar-refractivity contribution is -0.124. The van der Waals surface area contributed by atoms with Crippen molar-refractivity contribution in [1.29, 1.82) is 0 Å². The lowest BCUT2D eigenvalue weighted by atomic mass is 10.1. The molecule has 1 saturated heterocycles. The lowest BCUT2D eigenvalue weighted by Gasteiger charge is -2.08. The summed E-state index contributed by atoms with van der Waals surface area (Å²) < 4.78 is 0. The molecule has 0 saturated carbocycles. The van der Waals surface area contributed by atoms with Crippen LogP contribution in [0.1, 0.15) is 12.1 Å². The quantitative estimate of drug-likeness (QED) is 0.908. The summed E-state index contributed by atoms with van der Waals surface area (Å²) in [5.41, 5.74) is 2.04. The van der Waals surface area contributed by atoms with Crippen molar-refractivity contribution in [2.45, 2.75) is 13.0 Å². The fourth-order valence-electron chi connectivity index (χ4n) is 2.30. The third kappa shape index (κ3) is 4.03. The number of rotatable bonds is 4. The maximum Gasteiger partial charge on any atom is 0.224 e. The third-order valence-electron chi connectivity index (χ3n) is 3.45. The summed E-state index contributed by atoms with van der Waals surface area (Å²) in [6.07, 6.45) is 0.929. The van der Waals surface area contributed by atoms with Gasteiger partial charge in [-0.2, -0.15) is 0 Å². The van der Waals surface area contributed by atoms with Crippen molar-refractivity contribution >= 4 is 29.7 Å². The van der Waals surface area contributed by atoms with Crippen LogP contribution in [0.25, 0.3) is 10.6 Å². The number of hydrogen-bond acceptors (Lipinski definition) is 4. The Balaban J connectivity index is 0.00000161. The molecule has 0 aliphatic carbocycles. The number of carbonyl (C=O) groups is 1. The molecule has 1 aromatic carbocycles. The van der Waals surface area contributed by atoms with Gasteiger partial charge in [0, 0.05) is 17.5 Å². The molecule has 0 bridgehead atoms. The zero-order valence-corrected chi connectivity index (χ0v) is 13.2. The molecule has 6 heteroatoms. The first-order valence-electron chi connectivity index (χ1n) is 6.81. The van der Waals surface area contributed by atoms with E-state index in [4.69, 9.17) is 0 Å². The largest absolute Gasteiger partial charge is 0.350 e. The van der Waals surface area contributed by atoms with Crippen molar-refractivity contribution in [3.8, 4) is 10.6 Å². The van der Waals surface area contributed by atoms with Gasteiger partial charge in [0.05, 0.1) is 18.2 Å². The molecule has 2 aromatic rings. The molecule has 1 aromatic heterocycles. The molecule has 1 atom stereocenters. The van der Waals surface area contributed by atoms with Crippen LogP contribution in [0, 0.1) is 5.92 Å². The Bertz CT molecular complexity index is 582. The fraction of sp³-hybridized carbons (Fsp3) is 0.333. The summed E-state index contributed by atoms with van der Waals surface area (Å²) in [4.78, 5) is 16.5. The molecule has 112 valence electrons. The molecule has 0 spiro atoms. The Hall–Kier alpha value is -1.43. The number of hydrogen-bond donors (Lipinski definition) is 2. The van der Waals surface area contributed by atoms with E-state index in [0.717, 1.165) is 35.8 Å². The van der Waals surface area contributed by atoms with E-state index in [1.165, 1.54) is 0 Å². The van der Waals surface area contributed by atoms with Gasteiger partial charge in [0.2, 0.25) is 5.91 Å². The van der Waals surface area contributed by atoms with Crippen molar-refractivity contribution in [1.82, 2.24) is 15.6 Å². The summed E-state index contributed by atoms with van der Waals surface area (Å²) in [6, 6.07) is 10.1. The fourth-order valence-corrected chi connectivity index (χ4v) is 3.13. The lowest BCUT2D eigenvalue weighted by Crippen LogP contribution is -2.31. The molecule has 4 nitrogen and oxygen atoms in total. The number of benzene rings is 1. The van der Waals surface area contributed by atoms with E-state index in [2.05, 4.69) is 15.6 Å². The first-order valence-corrected chi connectivity index (χ1v) is 7.69. The minimum Gasteiger partial charge on any atom is -0.350 e. The maximum absolute atomic E-state index is 11.9. The summed E-state index contributed by atoms with van der Waals surface area (Å²) in [5.74, 6) is 0.242. The zero-order chi connectivity index (χ0) is 13.8. The minimum atomic E-state index is 0. The van der Waals surface area contributed by atoms with Crippen LogP contribution < -0.4 is 10.6 Å². The van der Waals surface area contributed by atoms with Gasteiger partial charge in [-0.05, 0) is 13.0 Å². The van der Waals surface area contributed by atoms with Gasteiger partial charge in [-0.1, -0.05) is 30.3 Å². The van der Waals surface area contributed by atoms with Crippen LogP contribution in [0.15, 0.2) is 35.7 Å². The predicted molar refractivity (Wildman–Crippen MR) is 87.6 cm³/mol. The molecular formula is C15H18ClN3OS. The van der Waals surface area contributed by atoms with Crippen LogP contribution in [0.5, 0.6) is 0 Å². The Labute approximate surface area is 134 Å². The smallest absolute Gasteiger partial charge is 0.224 e. The molecule has 1 amide bonds. The molecule has 2 N–H and O–H groups in total. The van der Waals surface area contributed by atoms with E-state index in [9.17, 15) is 4.79 Å². The van der Waals surface area contributed by atoms with Crippen molar-refractivity contribution in [2.75, 3.05) is 13.1 Å². The highest BCUT2D eigenvalue weighted by molar-refractivity contribution is 7.13. The van der Waals surface area contributed by atoms with Gasteiger partial charge in [-0.3, -0.25) is 4.79 Å². The van der Waals surface area contributed by atoms with Crippen LogP contribution in [-0.4, -0.2) is 24.0 Å². The molecule has 0 radical (unpaired) electrons. The van der Waals surface area contributed by atoms with Crippen molar-refractivity contribution < 1.29 is 4.79 Å². The molecular weight excluding hydrogens is 306 g/mol. The summed E-state index contributed by atoms with van der Waals surface area (Å²) in [6.45, 7) is 2.24. The molecule has 21 heavy (non-hydrogen) atoms. The highest BCUT2D eigenvalue weighted by atomic mass is 35.5. The van der Waals surface area contributed by atoms with Crippen molar-refractivity contribution in [3.63, 3.8) is 0 Å². The Morgan fingerprint density at radius 2 is 2.19 bits per heavy atom. The number of nitrogens with zero attached hydrogens (tertiary/aromatic N) is 1. The van der Waals surface area contributed by atoms with Gasteiger partial charge >= 0.3 is 0 Å². The minimum absolute atomic E-state index is 0. The molecule has 1 unspecified atom stereocenters. The molecule has 2 heterocycles. The van der Waals surface area contributed by atoms with Gasteiger partial charge in [0.15, 0.2) is 0 Å². The molecule has 1 aliphatic rings. The first-order chi connectivity index (χ1) is 9.83. The van der Waals surface area contributed by atoms with Crippen molar-refractivity contribution in [2.24, 2.45) is 5.92 Å². The number of aromatic nitrogens is 1. The second kappa shape index (κ2) is 7.54. The Morgan fingerprint density at radius 1 is 1.38 bits per heavy atom. The highest BCUT2D eigenvalue weighted by Gasteiger charge is 2.22. The maximum atomic E-state index is 11.9. The second-order valence-electron chi connectivity index (χ2n) is 4.92. The molecule has 1 fully saturated rings. The number of nitrogens with one attached hydrogen (secondary N) is 2. The Kier molecular flexibility index (Phi) is 5.73. The average Bonchev–Trinajstić information content (AvgIpc) is 3.17. The summed E-state index contributed by atoms with van der Waals surface area (Å²) >= 11 is 1.61. The summed E-state index contributed by atoms with van der Waals surface area (Å²) in [5, 5.41) is 9.18. The van der Waals surface area contributed by atoms with Gasteiger partial charge in [0.25, 0.3) is 0 Å². The van der Waals surface area contributed by atoms with Gasteiger partial charge in [-0.15, -0.1) is 23.7 Å². The molecule has 1 aliphatic heterocycles. The topological polar surface area (TPSA) is 54.0 Å². The first kappa shape index (κ1) is 15.9. The van der Waals surface area contributed by atoms with E-state index < -0.39 is 0 Å². The number of thiazole rings is 1. The van der Waals surface area contributed by atoms with Gasteiger partial charge < -0.3 is 10.6 Å². The third-order valence-corrected chi connectivity index (χ3v) is 4.39. The second-order valence-corrected chi connectivity index (χ2v) is 5.78. The van der Waals surface area contributed by atoms with Gasteiger partial charge in [0.1, 0.15) is 5.01 Å². The van der Waals surface area contributed by atoms with E-state index in [-0.39, 0.29) is 24.2 Å².